The molecule has 2 nitrogen and oxygen atoms in total. The van der Waals surface area contributed by atoms with E-state index in [-0.39, 0.29) is 5.54 Å². The Hall–Kier alpha value is -0.180. The van der Waals surface area contributed by atoms with Crippen molar-refractivity contribution in [2.75, 3.05) is 5.75 Å². The van der Waals surface area contributed by atoms with E-state index in [2.05, 4.69) is 32.7 Å². The second kappa shape index (κ2) is 3.69. The summed E-state index contributed by atoms with van der Waals surface area (Å²) in [5.74, 6) is 1.06. The van der Waals surface area contributed by atoms with Gasteiger partial charge in [0.1, 0.15) is 6.10 Å². The fraction of sp³-hybridized carbons (Fsp3) is 0.889. The third-order valence-electron chi connectivity index (χ3n) is 1.82. The third kappa shape index (κ3) is 2.70. The van der Waals surface area contributed by atoms with Crippen LogP contribution in [0.5, 0.6) is 0 Å². The van der Waals surface area contributed by atoms with E-state index < -0.39 is 0 Å². The highest BCUT2D eigenvalue weighted by atomic mass is 32.2. The molecular formula is C9H18NOS+. The Morgan fingerprint density at radius 3 is 2.83 bits per heavy atom. The van der Waals surface area contributed by atoms with Crippen molar-refractivity contribution in [3.05, 3.63) is 0 Å². The van der Waals surface area contributed by atoms with Gasteiger partial charge in [0.05, 0.1) is 0 Å². The van der Waals surface area contributed by atoms with Crippen molar-refractivity contribution >= 4 is 17.0 Å². The molecule has 1 atom stereocenters. The van der Waals surface area contributed by atoms with E-state index in [0.29, 0.717) is 6.10 Å². The molecule has 70 valence electrons. The maximum absolute atomic E-state index is 5.63. The minimum atomic E-state index is 0.190. The van der Waals surface area contributed by atoms with Gasteiger partial charge < -0.3 is 4.74 Å². The van der Waals surface area contributed by atoms with Gasteiger partial charge in [-0.3, -0.25) is 0 Å². The summed E-state index contributed by atoms with van der Waals surface area (Å²) >= 11 is 1.74. The Bertz CT molecular complexity index is 189. The SMILES string of the molecule is CCSC1=[NH+]C(C)(C)CC(C)O1. The zero-order valence-corrected chi connectivity index (χ0v) is 9.12. The molecule has 3 heteroatoms. The maximum Gasteiger partial charge on any atom is 0.399 e. The fourth-order valence-electron chi connectivity index (χ4n) is 1.50. The van der Waals surface area contributed by atoms with E-state index in [4.69, 9.17) is 4.74 Å². The van der Waals surface area contributed by atoms with Gasteiger partial charge in [0.2, 0.25) is 0 Å². The van der Waals surface area contributed by atoms with E-state index in [0.717, 1.165) is 17.4 Å². The molecule has 0 fully saturated rings. The highest BCUT2D eigenvalue weighted by molar-refractivity contribution is 8.13. The normalized spacial score (nSPS) is 27.7. The van der Waals surface area contributed by atoms with Crippen molar-refractivity contribution in [1.29, 1.82) is 0 Å². The highest BCUT2D eigenvalue weighted by Gasteiger charge is 2.33. The van der Waals surface area contributed by atoms with Crippen molar-refractivity contribution in [3.63, 3.8) is 0 Å². The van der Waals surface area contributed by atoms with Gasteiger partial charge in [-0.1, -0.05) is 6.92 Å². The number of ether oxygens (including phenoxy) is 1. The molecule has 1 rings (SSSR count). The molecular weight excluding hydrogens is 170 g/mol. The Morgan fingerprint density at radius 2 is 2.33 bits per heavy atom. The van der Waals surface area contributed by atoms with Crippen molar-refractivity contribution in [2.24, 2.45) is 0 Å². The molecule has 1 unspecified atom stereocenters. The van der Waals surface area contributed by atoms with E-state index in [1.165, 1.54) is 0 Å². The molecule has 0 bridgehead atoms. The number of hydrogen-bond acceptors (Lipinski definition) is 2. The average Bonchev–Trinajstić information content (AvgIpc) is 1.82. The van der Waals surface area contributed by atoms with Crippen LogP contribution in [0.25, 0.3) is 0 Å². The van der Waals surface area contributed by atoms with Crippen LogP contribution in [0.1, 0.15) is 34.1 Å². The number of nitrogens with one attached hydrogen (secondary N) is 1. The molecule has 0 amide bonds. The monoisotopic (exact) mass is 188 g/mol. The third-order valence-corrected chi connectivity index (χ3v) is 2.57. The van der Waals surface area contributed by atoms with Crippen LogP contribution in [-0.4, -0.2) is 22.6 Å². The van der Waals surface area contributed by atoms with Crippen LogP contribution in [0.3, 0.4) is 0 Å². The maximum atomic E-state index is 5.63. The van der Waals surface area contributed by atoms with Crippen molar-refractivity contribution in [3.8, 4) is 0 Å². The molecule has 1 heterocycles. The van der Waals surface area contributed by atoms with Gasteiger partial charge >= 0.3 is 5.23 Å². The minimum absolute atomic E-state index is 0.190. The second-order valence-electron chi connectivity index (χ2n) is 3.86. The van der Waals surface area contributed by atoms with Gasteiger partial charge in [0.25, 0.3) is 0 Å². The zero-order valence-electron chi connectivity index (χ0n) is 8.31. The Morgan fingerprint density at radius 1 is 1.67 bits per heavy atom. The van der Waals surface area contributed by atoms with Gasteiger partial charge in [-0.25, -0.2) is 0 Å². The summed E-state index contributed by atoms with van der Waals surface area (Å²) in [6.45, 7) is 8.68. The van der Waals surface area contributed by atoms with Crippen LogP contribution in [0, 0.1) is 0 Å². The molecule has 0 aromatic carbocycles. The molecule has 1 aliphatic heterocycles. The topological polar surface area (TPSA) is 23.2 Å². The largest absolute Gasteiger partial charge is 0.436 e. The average molecular weight is 188 g/mol. The fourth-order valence-corrected chi connectivity index (χ4v) is 2.34. The quantitative estimate of drug-likeness (QED) is 0.657. The van der Waals surface area contributed by atoms with Crippen LogP contribution in [-0.2, 0) is 4.74 Å². The predicted molar refractivity (Wildman–Crippen MR) is 53.3 cm³/mol. The Labute approximate surface area is 78.8 Å². The molecule has 0 aliphatic carbocycles. The summed E-state index contributed by atoms with van der Waals surface area (Å²) in [7, 11) is 0. The molecule has 12 heavy (non-hydrogen) atoms. The highest BCUT2D eigenvalue weighted by Crippen LogP contribution is 2.15. The molecule has 0 saturated heterocycles. The molecule has 1 N–H and O–H groups in total. The second-order valence-corrected chi connectivity index (χ2v) is 5.10. The molecule has 0 aromatic rings. The lowest BCUT2D eigenvalue weighted by Crippen LogP contribution is -2.88. The standard InChI is InChI=1S/C9H17NOS/c1-5-12-8-10-9(3,4)6-7(2)11-8/h7H,5-6H2,1-4H3/p+1. The van der Waals surface area contributed by atoms with Gasteiger partial charge in [0.15, 0.2) is 5.54 Å². The van der Waals surface area contributed by atoms with Crippen molar-refractivity contribution in [2.45, 2.75) is 45.8 Å². The lowest BCUT2D eigenvalue weighted by Gasteiger charge is -2.25. The Kier molecular flexibility index (Phi) is 3.04. The number of thioether (sulfide) groups is 1. The molecule has 0 saturated carbocycles. The van der Waals surface area contributed by atoms with Crippen LogP contribution in [0.2, 0.25) is 0 Å². The van der Waals surface area contributed by atoms with Crippen LogP contribution in [0.4, 0.5) is 0 Å². The number of hydrogen-bond donors (Lipinski definition) is 1. The van der Waals surface area contributed by atoms with E-state index in [9.17, 15) is 0 Å². The smallest absolute Gasteiger partial charge is 0.399 e. The summed E-state index contributed by atoms with van der Waals surface area (Å²) in [6.07, 6.45) is 1.41. The van der Waals surface area contributed by atoms with E-state index >= 15 is 0 Å². The Balaban J connectivity index is 2.66. The van der Waals surface area contributed by atoms with Crippen LogP contribution >= 0.6 is 11.8 Å². The van der Waals surface area contributed by atoms with Gasteiger partial charge in [-0.15, -0.1) is 0 Å². The van der Waals surface area contributed by atoms with Gasteiger partial charge in [0, 0.05) is 26.0 Å². The molecule has 0 spiro atoms. The van der Waals surface area contributed by atoms with Crippen LogP contribution < -0.4 is 4.99 Å². The molecule has 0 aromatic heterocycles. The molecule has 0 radical (unpaired) electrons. The first-order valence-corrected chi connectivity index (χ1v) is 5.46. The van der Waals surface area contributed by atoms with Gasteiger partial charge in [-0.05, 0) is 18.7 Å². The first-order chi connectivity index (χ1) is 5.53. The minimum Gasteiger partial charge on any atom is -0.436 e. The van der Waals surface area contributed by atoms with E-state index in [1.54, 1.807) is 11.8 Å². The molecule has 1 aliphatic rings. The lowest BCUT2D eigenvalue weighted by atomic mass is 9.98. The van der Waals surface area contributed by atoms with Crippen molar-refractivity contribution in [1.82, 2.24) is 0 Å². The van der Waals surface area contributed by atoms with Gasteiger partial charge in [-0.2, -0.15) is 4.99 Å². The lowest BCUT2D eigenvalue weighted by molar-refractivity contribution is -0.562. The summed E-state index contributed by atoms with van der Waals surface area (Å²) in [5.41, 5.74) is 0.190. The summed E-state index contributed by atoms with van der Waals surface area (Å²) in [6, 6.07) is 0. The first kappa shape index (κ1) is 9.90. The first-order valence-electron chi connectivity index (χ1n) is 4.48. The van der Waals surface area contributed by atoms with Crippen LogP contribution in [0.15, 0.2) is 0 Å². The van der Waals surface area contributed by atoms with E-state index in [1.807, 2.05) is 0 Å². The predicted octanol–water partition coefficient (Wildman–Crippen LogP) is 0.763. The van der Waals surface area contributed by atoms with Crippen molar-refractivity contribution < 1.29 is 9.73 Å². The summed E-state index contributed by atoms with van der Waals surface area (Å²) in [5, 5.41) is 0.987. The summed E-state index contributed by atoms with van der Waals surface area (Å²) in [4.78, 5) is 3.38. The number of rotatable bonds is 1. The zero-order chi connectivity index (χ0) is 9.19. The summed E-state index contributed by atoms with van der Waals surface area (Å²) < 4.78 is 5.63.